The number of ether oxygens (including phenoxy) is 1. The van der Waals surface area contributed by atoms with Crippen molar-refractivity contribution in [2.24, 2.45) is 0 Å². The van der Waals surface area contributed by atoms with E-state index in [9.17, 15) is 14.4 Å². The molecule has 0 bridgehead atoms. The first-order valence-electron chi connectivity index (χ1n) is 13.4. The standard InChI is InChI=1S/C30H30FN5O4/c1-2-40-30(39)20-10-9-13-22(18-20)36(27(37)19-35-26-17-8-7-16-25(26)33-34-35)28(23-14-5-6-15-24(23)31)29(38)32-21-11-3-4-12-21/h5-10,13-18,21,28H,2-4,11-12,19H2,1H3,(H,32,38). The lowest BCUT2D eigenvalue weighted by Crippen LogP contribution is -2.47. The van der Waals surface area contributed by atoms with Crippen LogP contribution >= 0.6 is 0 Å². The highest BCUT2D eigenvalue weighted by Gasteiger charge is 2.36. The molecule has 1 unspecified atom stereocenters. The number of para-hydroxylation sites is 1. The predicted octanol–water partition coefficient (Wildman–Crippen LogP) is 4.58. The zero-order chi connectivity index (χ0) is 28.1. The van der Waals surface area contributed by atoms with Crippen LogP contribution in [0.4, 0.5) is 10.1 Å². The van der Waals surface area contributed by atoms with Crippen molar-refractivity contribution in [3.8, 4) is 0 Å². The number of esters is 1. The summed E-state index contributed by atoms with van der Waals surface area (Å²) in [6.45, 7) is 1.60. The number of fused-ring (bicyclic) bond motifs is 1. The van der Waals surface area contributed by atoms with Gasteiger partial charge in [0.25, 0.3) is 0 Å². The SMILES string of the molecule is CCOC(=O)c1cccc(N(C(=O)Cn2nnc3ccccc32)C(C(=O)NC2CCCC2)c2ccccc2F)c1. The Morgan fingerprint density at radius 1 is 1.05 bits per heavy atom. The summed E-state index contributed by atoms with van der Waals surface area (Å²) >= 11 is 0. The lowest BCUT2D eigenvalue weighted by molar-refractivity contribution is -0.127. The van der Waals surface area contributed by atoms with Gasteiger partial charge in [-0.3, -0.25) is 14.5 Å². The number of nitrogens with zero attached hydrogens (tertiary/aromatic N) is 4. The lowest BCUT2D eigenvalue weighted by Gasteiger charge is -2.32. The van der Waals surface area contributed by atoms with Crippen LogP contribution in [0.1, 0.15) is 54.6 Å². The van der Waals surface area contributed by atoms with Crippen LogP contribution in [0.2, 0.25) is 0 Å². The van der Waals surface area contributed by atoms with Crippen molar-refractivity contribution in [2.45, 2.75) is 51.2 Å². The molecule has 0 radical (unpaired) electrons. The van der Waals surface area contributed by atoms with Gasteiger partial charge < -0.3 is 10.1 Å². The van der Waals surface area contributed by atoms with Gasteiger partial charge in [0.05, 0.1) is 17.7 Å². The van der Waals surface area contributed by atoms with Crippen molar-refractivity contribution in [1.82, 2.24) is 20.3 Å². The summed E-state index contributed by atoms with van der Waals surface area (Å²) in [7, 11) is 0. The monoisotopic (exact) mass is 543 g/mol. The molecule has 10 heteroatoms. The van der Waals surface area contributed by atoms with Crippen LogP contribution < -0.4 is 10.2 Å². The Bertz CT molecular complexity index is 1530. The predicted molar refractivity (Wildman–Crippen MR) is 147 cm³/mol. The molecule has 1 saturated carbocycles. The normalized spacial score (nSPS) is 14.2. The number of amides is 2. The fourth-order valence-electron chi connectivity index (χ4n) is 5.12. The molecule has 1 heterocycles. The fraction of sp³-hybridized carbons (Fsp3) is 0.300. The van der Waals surface area contributed by atoms with E-state index in [2.05, 4.69) is 15.6 Å². The molecular formula is C30H30FN5O4. The first-order chi connectivity index (χ1) is 19.5. The number of nitrogens with one attached hydrogen (secondary N) is 1. The molecule has 1 aliphatic carbocycles. The van der Waals surface area contributed by atoms with Crippen LogP contribution in [0.3, 0.4) is 0 Å². The average molecular weight is 544 g/mol. The molecule has 206 valence electrons. The molecule has 1 aliphatic rings. The van der Waals surface area contributed by atoms with Gasteiger partial charge in [-0.05, 0) is 56.2 Å². The van der Waals surface area contributed by atoms with Crippen molar-refractivity contribution in [2.75, 3.05) is 11.5 Å². The molecule has 40 heavy (non-hydrogen) atoms. The van der Waals surface area contributed by atoms with Crippen LogP contribution in [0, 0.1) is 5.82 Å². The summed E-state index contributed by atoms with van der Waals surface area (Å²) in [4.78, 5) is 41.9. The van der Waals surface area contributed by atoms with Gasteiger partial charge in [-0.25, -0.2) is 13.9 Å². The number of aromatic nitrogens is 3. The van der Waals surface area contributed by atoms with E-state index < -0.39 is 29.6 Å². The molecular weight excluding hydrogens is 513 g/mol. The number of rotatable bonds is 9. The van der Waals surface area contributed by atoms with Gasteiger partial charge in [0.15, 0.2) is 0 Å². The Kier molecular flexibility index (Phi) is 8.14. The highest BCUT2D eigenvalue weighted by molar-refractivity contribution is 6.02. The van der Waals surface area contributed by atoms with Crippen molar-refractivity contribution in [1.29, 1.82) is 0 Å². The van der Waals surface area contributed by atoms with E-state index in [4.69, 9.17) is 4.74 Å². The first kappa shape index (κ1) is 27.0. The maximum atomic E-state index is 15.3. The minimum atomic E-state index is -1.35. The molecule has 0 spiro atoms. The number of carbonyl (C=O) groups excluding carboxylic acids is 3. The number of hydrogen-bond donors (Lipinski definition) is 1. The molecule has 3 aromatic carbocycles. The lowest BCUT2D eigenvalue weighted by atomic mass is 10.0. The molecule has 1 fully saturated rings. The molecule has 9 nitrogen and oxygen atoms in total. The zero-order valence-corrected chi connectivity index (χ0v) is 22.1. The quantitative estimate of drug-likeness (QED) is 0.310. The Morgan fingerprint density at radius 3 is 2.58 bits per heavy atom. The van der Waals surface area contributed by atoms with Gasteiger partial charge >= 0.3 is 5.97 Å². The second-order valence-electron chi connectivity index (χ2n) is 9.68. The van der Waals surface area contributed by atoms with Crippen molar-refractivity contribution >= 4 is 34.5 Å². The third-order valence-electron chi connectivity index (χ3n) is 7.02. The maximum Gasteiger partial charge on any atom is 0.338 e. The van der Waals surface area contributed by atoms with Crippen molar-refractivity contribution in [3.63, 3.8) is 0 Å². The number of benzene rings is 3. The van der Waals surface area contributed by atoms with E-state index in [1.165, 1.54) is 33.8 Å². The topological polar surface area (TPSA) is 106 Å². The van der Waals surface area contributed by atoms with E-state index in [1.54, 1.807) is 43.3 Å². The summed E-state index contributed by atoms with van der Waals surface area (Å²) in [6.07, 6.45) is 3.60. The van der Waals surface area contributed by atoms with Crippen LogP contribution in [-0.2, 0) is 20.9 Å². The van der Waals surface area contributed by atoms with Gasteiger partial charge in [-0.15, -0.1) is 5.10 Å². The number of anilines is 1. The molecule has 5 rings (SSSR count). The van der Waals surface area contributed by atoms with Gasteiger partial charge in [0.1, 0.15) is 23.9 Å². The van der Waals surface area contributed by atoms with E-state index in [0.29, 0.717) is 11.0 Å². The smallest absolute Gasteiger partial charge is 0.338 e. The van der Waals surface area contributed by atoms with Gasteiger partial charge in [0.2, 0.25) is 11.8 Å². The highest BCUT2D eigenvalue weighted by atomic mass is 19.1. The van der Waals surface area contributed by atoms with Crippen LogP contribution in [0.25, 0.3) is 11.0 Å². The van der Waals surface area contributed by atoms with Crippen LogP contribution in [-0.4, -0.2) is 45.4 Å². The Labute approximate surface area is 230 Å². The zero-order valence-electron chi connectivity index (χ0n) is 22.1. The second-order valence-corrected chi connectivity index (χ2v) is 9.68. The first-order valence-corrected chi connectivity index (χ1v) is 13.4. The maximum absolute atomic E-state index is 15.3. The van der Waals surface area contributed by atoms with Crippen molar-refractivity contribution < 1.29 is 23.5 Å². The minimum absolute atomic E-state index is 0.0383. The molecule has 2 amide bonds. The summed E-state index contributed by atoms with van der Waals surface area (Å²) < 4.78 is 21.9. The number of hydrogen-bond acceptors (Lipinski definition) is 6. The molecule has 1 atom stereocenters. The summed E-state index contributed by atoms with van der Waals surface area (Å²) in [5, 5.41) is 11.3. The fourth-order valence-corrected chi connectivity index (χ4v) is 5.12. The Balaban J connectivity index is 1.61. The average Bonchev–Trinajstić information content (AvgIpc) is 3.62. The van der Waals surface area contributed by atoms with Gasteiger partial charge in [0, 0.05) is 17.3 Å². The van der Waals surface area contributed by atoms with E-state index in [1.807, 2.05) is 12.1 Å². The number of halogens is 1. The molecule has 1 aromatic heterocycles. The summed E-state index contributed by atoms with van der Waals surface area (Å²) in [6, 6.07) is 17.9. The Hall–Kier alpha value is -4.60. The highest BCUT2D eigenvalue weighted by Crippen LogP contribution is 2.32. The third-order valence-corrected chi connectivity index (χ3v) is 7.02. The summed E-state index contributed by atoms with van der Waals surface area (Å²) in [5.41, 5.74) is 1.72. The largest absolute Gasteiger partial charge is 0.462 e. The molecule has 0 aliphatic heterocycles. The summed E-state index contributed by atoms with van der Waals surface area (Å²) in [5.74, 6) is -2.24. The molecule has 0 saturated heterocycles. The minimum Gasteiger partial charge on any atom is -0.462 e. The second kappa shape index (κ2) is 12.1. The molecule has 1 N–H and O–H groups in total. The molecule has 4 aromatic rings. The van der Waals surface area contributed by atoms with Crippen molar-refractivity contribution in [3.05, 3.63) is 89.7 Å². The van der Waals surface area contributed by atoms with Crippen LogP contribution in [0.15, 0.2) is 72.8 Å². The van der Waals surface area contributed by atoms with E-state index in [0.717, 1.165) is 25.7 Å². The Morgan fingerprint density at radius 2 is 1.80 bits per heavy atom. The van der Waals surface area contributed by atoms with Crippen LogP contribution in [0.5, 0.6) is 0 Å². The number of carbonyl (C=O) groups is 3. The van der Waals surface area contributed by atoms with Gasteiger partial charge in [-0.2, -0.15) is 0 Å². The van der Waals surface area contributed by atoms with Gasteiger partial charge in [-0.1, -0.05) is 54.5 Å². The van der Waals surface area contributed by atoms with E-state index >= 15 is 4.39 Å². The third kappa shape index (κ3) is 5.70. The van der Waals surface area contributed by atoms with E-state index in [-0.39, 0.29) is 36.0 Å².